The molecule has 2 aromatic carbocycles. The second-order valence-corrected chi connectivity index (χ2v) is 8.38. The molecule has 2 amide bonds. The molecule has 3 N–H and O–H groups in total. The number of amides is 2. The van der Waals surface area contributed by atoms with Crippen LogP contribution in [0.25, 0.3) is 0 Å². The molecule has 10 heteroatoms. The van der Waals surface area contributed by atoms with Crippen molar-refractivity contribution in [1.82, 2.24) is 14.9 Å². The van der Waals surface area contributed by atoms with Gasteiger partial charge in [-0.25, -0.2) is 4.98 Å². The summed E-state index contributed by atoms with van der Waals surface area (Å²) in [5.74, 6) is 0.664. The number of rotatable bonds is 11. The van der Waals surface area contributed by atoms with Crippen LogP contribution < -0.4 is 20.1 Å². The molecule has 0 saturated carbocycles. The summed E-state index contributed by atoms with van der Waals surface area (Å²) in [5.41, 5.74) is 3.15. The molecular formula is C24H28N4O5S. The lowest BCUT2D eigenvalue weighted by atomic mass is 10.1. The highest BCUT2D eigenvalue weighted by atomic mass is 32.2. The molecule has 0 fully saturated rings. The highest BCUT2D eigenvalue weighted by molar-refractivity contribution is 7.99. The van der Waals surface area contributed by atoms with Crippen molar-refractivity contribution in [3.05, 3.63) is 65.5 Å². The maximum absolute atomic E-state index is 12.5. The van der Waals surface area contributed by atoms with Crippen LogP contribution in [-0.2, 0) is 29.3 Å². The van der Waals surface area contributed by atoms with Crippen molar-refractivity contribution in [2.75, 3.05) is 25.3 Å². The summed E-state index contributed by atoms with van der Waals surface area (Å²) in [4.78, 5) is 29.3. The van der Waals surface area contributed by atoms with Gasteiger partial charge in [-0.1, -0.05) is 41.6 Å². The zero-order valence-corrected chi connectivity index (χ0v) is 20.1. The Morgan fingerprint density at radius 1 is 1.09 bits per heavy atom. The summed E-state index contributed by atoms with van der Waals surface area (Å²) in [5, 5.41) is 15.8. The van der Waals surface area contributed by atoms with Gasteiger partial charge in [0.15, 0.2) is 5.16 Å². The van der Waals surface area contributed by atoms with Gasteiger partial charge in [0.25, 0.3) is 0 Å². The number of ether oxygens (including phenoxy) is 2. The van der Waals surface area contributed by atoms with Gasteiger partial charge in [-0.2, -0.15) is 0 Å². The van der Waals surface area contributed by atoms with Crippen molar-refractivity contribution in [1.29, 1.82) is 0 Å². The monoisotopic (exact) mass is 484 g/mol. The van der Waals surface area contributed by atoms with E-state index in [0.29, 0.717) is 34.6 Å². The summed E-state index contributed by atoms with van der Waals surface area (Å²) >= 11 is 1.17. The molecule has 1 aromatic heterocycles. The third-order valence-corrected chi connectivity index (χ3v) is 5.98. The van der Waals surface area contributed by atoms with E-state index in [9.17, 15) is 14.7 Å². The zero-order valence-electron chi connectivity index (χ0n) is 19.3. The molecule has 0 bridgehead atoms. The van der Waals surface area contributed by atoms with E-state index >= 15 is 0 Å². The smallest absolute Gasteiger partial charge is 0.240 e. The molecule has 0 radical (unpaired) electrons. The summed E-state index contributed by atoms with van der Waals surface area (Å²) in [6.07, 6.45) is 1.50. The fourth-order valence-corrected chi connectivity index (χ4v) is 3.92. The van der Waals surface area contributed by atoms with Gasteiger partial charge in [-0.15, -0.1) is 0 Å². The molecular weight excluding hydrogens is 456 g/mol. The van der Waals surface area contributed by atoms with E-state index in [2.05, 4.69) is 15.6 Å². The minimum absolute atomic E-state index is 0.0159. The Hall–Kier alpha value is -3.50. The van der Waals surface area contributed by atoms with Gasteiger partial charge < -0.3 is 29.8 Å². The second-order valence-electron chi connectivity index (χ2n) is 7.44. The molecule has 0 atom stereocenters. The van der Waals surface area contributed by atoms with Crippen LogP contribution in [-0.4, -0.2) is 46.4 Å². The van der Waals surface area contributed by atoms with E-state index in [1.807, 2.05) is 31.2 Å². The fraction of sp³-hybridized carbons (Fsp3) is 0.292. The van der Waals surface area contributed by atoms with Crippen molar-refractivity contribution in [2.45, 2.75) is 31.8 Å². The van der Waals surface area contributed by atoms with Crippen molar-refractivity contribution in [3.63, 3.8) is 0 Å². The lowest BCUT2D eigenvalue weighted by Gasteiger charge is -2.13. The van der Waals surface area contributed by atoms with Crippen LogP contribution in [0.1, 0.15) is 16.8 Å². The first-order valence-corrected chi connectivity index (χ1v) is 11.5. The Bertz CT molecular complexity index is 1130. The predicted octanol–water partition coefficient (Wildman–Crippen LogP) is 2.75. The molecule has 0 saturated heterocycles. The van der Waals surface area contributed by atoms with E-state index in [-0.39, 0.29) is 30.7 Å². The third-order valence-electron chi connectivity index (χ3n) is 4.99. The van der Waals surface area contributed by atoms with E-state index in [1.54, 1.807) is 29.9 Å². The van der Waals surface area contributed by atoms with Gasteiger partial charge >= 0.3 is 0 Å². The Balaban J connectivity index is 1.59. The van der Waals surface area contributed by atoms with Crippen LogP contribution in [0.2, 0.25) is 0 Å². The molecule has 3 rings (SSSR count). The van der Waals surface area contributed by atoms with Gasteiger partial charge in [0, 0.05) is 12.6 Å². The van der Waals surface area contributed by atoms with Crippen molar-refractivity contribution >= 4 is 29.3 Å². The first-order chi connectivity index (χ1) is 16.4. The summed E-state index contributed by atoms with van der Waals surface area (Å²) in [7, 11) is 3.06. The normalized spacial score (nSPS) is 10.6. The third kappa shape index (κ3) is 6.75. The Morgan fingerprint density at radius 2 is 1.85 bits per heavy atom. The van der Waals surface area contributed by atoms with E-state index in [1.165, 1.54) is 25.1 Å². The molecule has 0 spiro atoms. The summed E-state index contributed by atoms with van der Waals surface area (Å²) in [6, 6.07) is 13.0. The van der Waals surface area contributed by atoms with Crippen LogP contribution in [0.5, 0.6) is 11.5 Å². The zero-order chi connectivity index (χ0) is 24.5. The number of aryl methyl sites for hydroxylation is 1. The quantitative estimate of drug-likeness (QED) is 0.359. The number of aliphatic hydroxyl groups is 1. The molecule has 0 aliphatic rings. The molecule has 9 nitrogen and oxygen atoms in total. The number of methoxy groups -OCH3 is 2. The number of nitrogens with zero attached hydrogens (tertiary/aromatic N) is 2. The number of carbonyl (C=O) groups is 2. The van der Waals surface area contributed by atoms with E-state index < -0.39 is 0 Å². The standard InChI is InChI=1S/C24H28N4O5S/c1-16-4-6-17(7-5-16)11-25-22(30)13-28-18(14-29)12-26-24(28)34-15-23(31)27-20-9-8-19(32-2)10-21(20)33-3/h4-10,12,29H,11,13-15H2,1-3H3,(H,25,30)(H,27,31). The lowest BCUT2D eigenvalue weighted by molar-refractivity contribution is -0.122. The van der Waals surface area contributed by atoms with Crippen LogP contribution >= 0.6 is 11.8 Å². The molecule has 3 aromatic rings. The van der Waals surface area contributed by atoms with Crippen molar-refractivity contribution < 1.29 is 24.2 Å². The predicted molar refractivity (Wildman–Crippen MR) is 130 cm³/mol. The number of benzene rings is 2. The molecule has 0 aliphatic heterocycles. The lowest BCUT2D eigenvalue weighted by Crippen LogP contribution is -2.28. The van der Waals surface area contributed by atoms with Gasteiger partial charge in [0.05, 0.1) is 44.2 Å². The number of imidazole rings is 1. The van der Waals surface area contributed by atoms with Gasteiger partial charge in [-0.3, -0.25) is 9.59 Å². The number of aliphatic hydroxyl groups excluding tert-OH is 1. The first-order valence-electron chi connectivity index (χ1n) is 10.6. The highest BCUT2D eigenvalue weighted by Crippen LogP contribution is 2.29. The van der Waals surface area contributed by atoms with Crippen LogP contribution in [0.4, 0.5) is 5.69 Å². The summed E-state index contributed by atoms with van der Waals surface area (Å²) in [6.45, 7) is 2.12. The maximum Gasteiger partial charge on any atom is 0.240 e. The second kappa shape index (κ2) is 12.1. The average molecular weight is 485 g/mol. The number of hydrogen-bond donors (Lipinski definition) is 3. The SMILES string of the molecule is COc1ccc(NC(=O)CSc2ncc(CO)n2CC(=O)NCc2ccc(C)cc2)c(OC)c1. The Labute approximate surface area is 202 Å². The number of hydrogen-bond acceptors (Lipinski definition) is 7. The van der Waals surface area contributed by atoms with Crippen molar-refractivity contribution in [3.8, 4) is 11.5 Å². The Kier molecular flexibility index (Phi) is 8.94. The van der Waals surface area contributed by atoms with Crippen molar-refractivity contribution in [2.24, 2.45) is 0 Å². The summed E-state index contributed by atoms with van der Waals surface area (Å²) < 4.78 is 12.1. The topological polar surface area (TPSA) is 115 Å². The molecule has 1 heterocycles. The van der Waals surface area contributed by atoms with Crippen LogP contribution in [0.3, 0.4) is 0 Å². The van der Waals surface area contributed by atoms with E-state index in [0.717, 1.165) is 11.1 Å². The van der Waals surface area contributed by atoms with Crippen LogP contribution in [0, 0.1) is 6.92 Å². The average Bonchev–Trinajstić information content (AvgIpc) is 3.23. The highest BCUT2D eigenvalue weighted by Gasteiger charge is 2.16. The molecule has 0 unspecified atom stereocenters. The first kappa shape index (κ1) is 25.1. The number of anilines is 1. The number of thioether (sulfide) groups is 1. The minimum Gasteiger partial charge on any atom is -0.497 e. The molecule has 34 heavy (non-hydrogen) atoms. The fourth-order valence-electron chi connectivity index (χ4n) is 3.13. The van der Waals surface area contributed by atoms with E-state index in [4.69, 9.17) is 9.47 Å². The number of nitrogens with one attached hydrogen (secondary N) is 2. The Morgan fingerprint density at radius 3 is 2.53 bits per heavy atom. The number of aromatic nitrogens is 2. The molecule has 180 valence electrons. The minimum atomic E-state index is -0.270. The van der Waals surface area contributed by atoms with Gasteiger partial charge in [0.2, 0.25) is 11.8 Å². The van der Waals surface area contributed by atoms with Crippen LogP contribution in [0.15, 0.2) is 53.8 Å². The maximum atomic E-state index is 12.5. The van der Waals surface area contributed by atoms with Gasteiger partial charge in [0.1, 0.15) is 18.0 Å². The van der Waals surface area contributed by atoms with Gasteiger partial charge in [-0.05, 0) is 24.6 Å². The number of carbonyl (C=O) groups excluding carboxylic acids is 2. The largest absolute Gasteiger partial charge is 0.497 e. The molecule has 0 aliphatic carbocycles.